The van der Waals surface area contributed by atoms with Crippen LogP contribution in [-0.4, -0.2) is 59.4 Å². The molecule has 1 saturated heterocycles. The van der Waals surface area contributed by atoms with Gasteiger partial charge in [-0.15, -0.1) is 0 Å². The summed E-state index contributed by atoms with van der Waals surface area (Å²) in [5.74, 6) is 0.390. The quantitative estimate of drug-likeness (QED) is 0.804. The lowest BCUT2D eigenvalue weighted by Crippen LogP contribution is -2.38. The van der Waals surface area contributed by atoms with Crippen molar-refractivity contribution in [2.75, 3.05) is 25.9 Å². The van der Waals surface area contributed by atoms with Crippen LogP contribution in [0.15, 0.2) is 6.20 Å². The lowest BCUT2D eigenvalue weighted by molar-refractivity contribution is 0.0771. The highest BCUT2D eigenvalue weighted by Crippen LogP contribution is 2.31. The van der Waals surface area contributed by atoms with E-state index in [0.717, 1.165) is 12.8 Å². The molecule has 0 radical (unpaired) electrons. The molecule has 7 nitrogen and oxygen atoms in total. The summed E-state index contributed by atoms with van der Waals surface area (Å²) in [6.45, 7) is 7.37. The Morgan fingerprint density at radius 3 is 2.54 bits per heavy atom. The van der Waals surface area contributed by atoms with Crippen molar-refractivity contribution in [1.29, 1.82) is 0 Å². The SMILES string of the molecule is CCN(CC)C(=O)c1cnc(C2CCCCN2S(C)(=O)=O)nc1C. The molecule has 24 heavy (non-hydrogen) atoms. The van der Waals surface area contributed by atoms with Crippen LogP contribution >= 0.6 is 0 Å². The standard InChI is InChI=1S/C16H26N4O3S/c1-5-19(6-2)16(21)13-11-17-15(18-12(13)3)14-9-7-8-10-20(14)24(4,22)23/h11,14H,5-10H2,1-4H3. The Kier molecular flexibility index (Phi) is 5.92. The molecule has 0 aliphatic carbocycles. The molecule has 2 heterocycles. The van der Waals surface area contributed by atoms with Crippen molar-refractivity contribution in [2.24, 2.45) is 0 Å². The van der Waals surface area contributed by atoms with Crippen LogP contribution in [0.2, 0.25) is 0 Å². The van der Waals surface area contributed by atoms with Gasteiger partial charge in [-0.1, -0.05) is 6.42 Å². The molecular formula is C16H26N4O3S. The van der Waals surface area contributed by atoms with Gasteiger partial charge in [-0.05, 0) is 33.6 Å². The number of hydrogen-bond acceptors (Lipinski definition) is 5. The number of hydrogen-bond donors (Lipinski definition) is 0. The summed E-state index contributed by atoms with van der Waals surface area (Å²) >= 11 is 0. The Morgan fingerprint density at radius 2 is 2.00 bits per heavy atom. The molecule has 1 fully saturated rings. The van der Waals surface area contributed by atoms with Gasteiger partial charge in [-0.3, -0.25) is 4.79 Å². The molecule has 8 heteroatoms. The molecule has 0 spiro atoms. The average molecular weight is 354 g/mol. The van der Waals surface area contributed by atoms with Crippen LogP contribution in [0, 0.1) is 6.92 Å². The molecule has 0 aromatic carbocycles. The van der Waals surface area contributed by atoms with Gasteiger partial charge in [0.15, 0.2) is 0 Å². The molecule has 0 bridgehead atoms. The second-order valence-corrected chi connectivity index (χ2v) is 8.03. The highest BCUT2D eigenvalue weighted by molar-refractivity contribution is 7.88. The van der Waals surface area contributed by atoms with Crippen molar-refractivity contribution >= 4 is 15.9 Å². The second-order valence-electron chi connectivity index (χ2n) is 6.09. The van der Waals surface area contributed by atoms with Crippen LogP contribution in [0.3, 0.4) is 0 Å². The van der Waals surface area contributed by atoms with Gasteiger partial charge in [-0.2, -0.15) is 4.31 Å². The van der Waals surface area contributed by atoms with E-state index in [2.05, 4.69) is 9.97 Å². The molecule has 2 rings (SSSR count). The zero-order valence-electron chi connectivity index (χ0n) is 14.8. The molecule has 134 valence electrons. The fourth-order valence-electron chi connectivity index (χ4n) is 3.10. The number of aryl methyl sites for hydroxylation is 1. The first kappa shape index (κ1) is 18.8. The molecular weight excluding hydrogens is 328 g/mol. The minimum Gasteiger partial charge on any atom is -0.339 e. The van der Waals surface area contributed by atoms with Crippen molar-refractivity contribution < 1.29 is 13.2 Å². The first-order valence-corrected chi connectivity index (χ1v) is 10.2. The van der Waals surface area contributed by atoms with Gasteiger partial charge in [0.25, 0.3) is 5.91 Å². The molecule has 0 saturated carbocycles. The van der Waals surface area contributed by atoms with Crippen molar-refractivity contribution in [3.05, 3.63) is 23.3 Å². The van der Waals surface area contributed by atoms with Crippen LogP contribution in [0.5, 0.6) is 0 Å². The number of piperidine rings is 1. The van der Waals surface area contributed by atoms with Crippen molar-refractivity contribution in [3.8, 4) is 0 Å². The van der Waals surface area contributed by atoms with Crippen molar-refractivity contribution in [3.63, 3.8) is 0 Å². The van der Waals surface area contributed by atoms with Crippen molar-refractivity contribution in [2.45, 2.75) is 46.1 Å². The van der Waals surface area contributed by atoms with Gasteiger partial charge in [0.05, 0.1) is 23.6 Å². The van der Waals surface area contributed by atoms with Crippen LogP contribution in [-0.2, 0) is 10.0 Å². The van der Waals surface area contributed by atoms with E-state index < -0.39 is 10.0 Å². The Balaban J connectivity index is 2.33. The maximum Gasteiger partial charge on any atom is 0.257 e. The minimum atomic E-state index is -3.31. The summed E-state index contributed by atoms with van der Waals surface area (Å²) in [5, 5.41) is 0. The lowest BCUT2D eigenvalue weighted by Gasteiger charge is -2.32. The molecule has 0 N–H and O–H groups in total. The van der Waals surface area contributed by atoms with E-state index in [1.165, 1.54) is 16.8 Å². The smallest absolute Gasteiger partial charge is 0.257 e. The maximum atomic E-state index is 12.5. The summed E-state index contributed by atoms with van der Waals surface area (Å²) < 4.78 is 25.5. The van der Waals surface area contributed by atoms with E-state index in [1.807, 2.05) is 13.8 Å². The predicted molar refractivity (Wildman–Crippen MR) is 92.2 cm³/mol. The summed E-state index contributed by atoms with van der Waals surface area (Å²) in [4.78, 5) is 23.0. The first-order valence-electron chi connectivity index (χ1n) is 8.39. The predicted octanol–water partition coefficient (Wildman–Crippen LogP) is 1.75. The largest absolute Gasteiger partial charge is 0.339 e. The third kappa shape index (κ3) is 3.92. The van der Waals surface area contributed by atoms with Crippen LogP contribution in [0.1, 0.15) is 61.0 Å². The van der Waals surface area contributed by atoms with E-state index in [9.17, 15) is 13.2 Å². The fraction of sp³-hybridized carbons (Fsp3) is 0.688. The number of carbonyl (C=O) groups is 1. The Labute approximate surface area is 144 Å². The molecule has 1 amide bonds. The number of rotatable bonds is 5. The van der Waals surface area contributed by atoms with E-state index >= 15 is 0 Å². The summed E-state index contributed by atoms with van der Waals surface area (Å²) in [6.07, 6.45) is 5.25. The number of aromatic nitrogens is 2. The van der Waals surface area contributed by atoms with Gasteiger partial charge in [-0.25, -0.2) is 18.4 Å². The maximum absolute atomic E-state index is 12.5. The number of nitrogens with zero attached hydrogens (tertiary/aromatic N) is 4. The summed E-state index contributed by atoms with van der Waals surface area (Å²) in [6, 6.07) is -0.343. The third-order valence-corrected chi connectivity index (χ3v) is 5.75. The molecule has 1 aromatic heterocycles. The van der Waals surface area contributed by atoms with E-state index in [1.54, 1.807) is 11.8 Å². The van der Waals surface area contributed by atoms with E-state index in [0.29, 0.717) is 43.1 Å². The zero-order chi connectivity index (χ0) is 17.9. The Hall–Kier alpha value is -1.54. The van der Waals surface area contributed by atoms with Crippen LogP contribution < -0.4 is 0 Å². The zero-order valence-corrected chi connectivity index (χ0v) is 15.6. The molecule has 1 aliphatic rings. The topological polar surface area (TPSA) is 83.5 Å². The minimum absolute atomic E-state index is 0.0901. The molecule has 1 aromatic rings. The van der Waals surface area contributed by atoms with E-state index in [-0.39, 0.29) is 11.9 Å². The number of sulfonamides is 1. The van der Waals surface area contributed by atoms with Crippen LogP contribution in [0.4, 0.5) is 0 Å². The average Bonchev–Trinajstić information content (AvgIpc) is 2.55. The fourth-order valence-corrected chi connectivity index (χ4v) is 4.22. The van der Waals surface area contributed by atoms with Crippen LogP contribution in [0.25, 0.3) is 0 Å². The van der Waals surface area contributed by atoms with E-state index in [4.69, 9.17) is 0 Å². The van der Waals surface area contributed by atoms with Crippen molar-refractivity contribution in [1.82, 2.24) is 19.2 Å². The van der Waals surface area contributed by atoms with Gasteiger partial charge in [0, 0.05) is 25.8 Å². The highest BCUT2D eigenvalue weighted by Gasteiger charge is 2.33. The normalized spacial score (nSPS) is 19.2. The number of amides is 1. The van der Waals surface area contributed by atoms with Gasteiger partial charge < -0.3 is 4.90 Å². The highest BCUT2D eigenvalue weighted by atomic mass is 32.2. The summed E-state index contributed by atoms with van der Waals surface area (Å²) in [7, 11) is -3.31. The second kappa shape index (κ2) is 7.57. The van der Waals surface area contributed by atoms with Gasteiger partial charge >= 0.3 is 0 Å². The first-order chi connectivity index (χ1) is 11.3. The Bertz CT molecular complexity index is 701. The van der Waals surface area contributed by atoms with Gasteiger partial charge in [0.2, 0.25) is 10.0 Å². The van der Waals surface area contributed by atoms with Gasteiger partial charge in [0.1, 0.15) is 5.82 Å². The lowest BCUT2D eigenvalue weighted by atomic mass is 10.0. The molecule has 1 unspecified atom stereocenters. The monoisotopic (exact) mass is 354 g/mol. The molecule has 1 aliphatic heterocycles. The Morgan fingerprint density at radius 1 is 1.33 bits per heavy atom. The third-order valence-electron chi connectivity index (χ3n) is 4.46. The number of carbonyl (C=O) groups excluding carboxylic acids is 1. The molecule has 1 atom stereocenters. The summed E-state index contributed by atoms with van der Waals surface area (Å²) in [5.41, 5.74) is 1.07.